The molecule has 1 aliphatic carbocycles. The van der Waals surface area contributed by atoms with Crippen molar-refractivity contribution in [2.24, 2.45) is 5.92 Å². The van der Waals surface area contributed by atoms with Crippen LogP contribution in [-0.4, -0.2) is 88.0 Å². The highest BCUT2D eigenvalue weighted by molar-refractivity contribution is 5.96. The molecule has 42 heavy (non-hydrogen) atoms. The number of piperidine rings is 1. The Bertz CT molecular complexity index is 1290. The highest BCUT2D eigenvalue weighted by Gasteiger charge is 2.35. The lowest BCUT2D eigenvalue weighted by Gasteiger charge is -2.43. The summed E-state index contributed by atoms with van der Waals surface area (Å²) < 4.78 is 0. The molecule has 0 spiro atoms. The van der Waals surface area contributed by atoms with Crippen molar-refractivity contribution < 1.29 is 14.7 Å². The number of pyridine rings is 1. The summed E-state index contributed by atoms with van der Waals surface area (Å²) in [4.78, 5) is 38.0. The predicted octanol–water partition coefficient (Wildman–Crippen LogP) is 5.11. The van der Waals surface area contributed by atoms with Crippen molar-refractivity contribution in [3.05, 3.63) is 78.4 Å². The Hall–Kier alpha value is -3.55. The highest BCUT2D eigenvalue weighted by Crippen LogP contribution is 2.29. The second-order valence-electron chi connectivity index (χ2n) is 12.1. The number of likely N-dealkylation sites (tertiary alicyclic amines) is 1. The summed E-state index contributed by atoms with van der Waals surface area (Å²) in [7, 11) is 0. The van der Waals surface area contributed by atoms with Crippen molar-refractivity contribution in [1.82, 2.24) is 19.7 Å². The van der Waals surface area contributed by atoms with Gasteiger partial charge in [-0.1, -0.05) is 79.9 Å². The summed E-state index contributed by atoms with van der Waals surface area (Å²) in [5, 5.41) is 10.7. The molecule has 1 saturated carbocycles. The zero-order chi connectivity index (χ0) is 28.9. The second kappa shape index (κ2) is 13.2. The van der Waals surface area contributed by atoms with Crippen LogP contribution in [0, 0.1) is 5.92 Å². The van der Waals surface area contributed by atoms with Gasteiger partial charge in [0.1, 0.15) is 6.10 Å². The van der Waals surface area contributed by atoms with Gasteiger partial charge in [-0.25, -0.2) is 4.98 Å². The van der Waals surface area contributed by atoms with E-state index >= 15 is 0 Å². The lowest BCUT2D eigenvalue weighted by molar-refractivity contribution is -0.145. The third kappa shape index (κ3) is 6.42. The number of amides is 2. The molecule has 2 amide bonds. The van der Waals surface area contributed by atoms with Crippen LogP contribution in [0.25, 0.3) is 22.5 Å². The standard InChI is InChI=1S/C35H42N4O3/c40-33(28-14-8-3-9-15-28)35(42)38-18-16-30(17-19-38)37-20-22-39(23-21-37)34(41)29-24-31(26-10-4-1-5-11-26)36-32(25-29)27-12-6-2-7-13-27/h1-2,4-7,10-13,24-25,28,30,33,40H,3,8-9,14-23H2/t33-/m1/s1. The molecule has 2 aromatic carbocycles. The minimum absolute atomic E-state index is 0.0449. The number of hydrogen-bond donors (Lipinski definition) is 1. The molecule has 3 fully saturated rings. The van der Waals surface area contributed by atoms with Gasteiger partial charge in [0.05, 0.1) is 11.4 Å². The number of carbonyl (C=O) groups is 2. The lowest BCUT2D eigenvalue weighted by Crippen LogP contribution is -2.55. The van der Waals surface area contributed by atoms with E-state index < -0.39 is 6.10 Å². The monoisotopic (exact) mass is 566 g/mol. The van der Waals surface area contributed by atoms with Gasteiger partial charge in [0.2, 0.25) is 0 Å². The molecule has 3 aromatic rings. The molecule has 3 aliphatic rings. The predicted molar refractivity (Wildman–Crippen MR) is 165 cm³/mol. The minimum Gasteiger partial charge on any atom is -0.383 e. The van der Waals surface area contributed by atoms with Gasteiger partial charge in [0.15, 0.2) is 0 Å². The molecule has 1 N–H and O–H groups in total. The number of aliphatic hydroxyl groups excluding tert-OH is 1. The van der Waals surface area contributed by atoms with E-state index in [0.717, 1.165) is 74.1 Å². The van der Waals surface area contributed by atoms with Crippen LogP contribution in [-0.2, 0) is 4.79 Å². The number of aliphatic hydroxyl groups is 1. The third-order valence-electron chi connectivity index (χ3n) is 9.45. The Morgan fingerprint density at radius 1 is 0.690 bits per heavy atom. The molecular formula is C35H42N4O3. The maximum atomic E-state index is 13.8. The fourth-order valence-corrected chi connectivity index (χ4v) is 6.93. The first-order chi connectivity index (χ1) is 20.6. The first-order valence-electron chi connectivity index (χ1n) is 15.7. The summed E-state index contributed by atoms with van der Waals surface area (Å²) in [5.41, 5.74) is 4.25. The van der Waals surface area contributed by atoms with Gasteiger partial charge in [0, 0.05) is 62.0 Å². The summed E-state index contributed by atoms with van der Waals surface area (Å²) in [5.74, 6) is 0.101. The SMILES string of the molecule is O=C(c1cc(-c2ccccc2)nc(-c2ccccc2)c1)N1CCN(C2CCN(C(=O)[C@H](O)C3CCCCC3)CC2)CC1. The van der Waals surface area contributed by atoms with Crippen molar-refractivity contribution >= 4 is 11.8 Å². The number of piperazine rings is 1. The van der Waals surface area contributed by atoms with E-state index in [4.69, 9.17) is 4.98 Å². The Labute approximate surface area is 249 Å². The minimum atomic E-state index is -0.839. The number of benzene rings is 2. The topological polar surface area (TPSA) is 77.0 Å². The molecule has 6 rings (SSSR count). The van der Waals surface area contributed by atoms with Crippen LogP contribution >= 0.6 is 0 Å². The third-order valence-corrected chi connectivity index (χ3v) is 9.45. The summed E-state index contributed by atoms with van der Waals surface area (Å²) in [6.45, 7) is 4.43. The van der Waals surface area contributed by atoms with Gasteiger partial charge in [-0.2, -0.15) is 0 Å². The van der Waals surface area contributed by atoms with Crippen LogP contribution in [0.1, 0.15) is 55.3 Å². The molecule has 0 bridgehead atoms. The Morgan fingerprint density at radius 2 is 1.24 bits per heavy atom. The fraction of sp³-hybridized carbons (Fsp3) is 0.457. The maximum absolute atomic E-state index is 13.8. The maximum Gasteiger partial charge on any atom is 0.254 e. The van der Waals surface area contributed by atoms with Gasteiger partial charge in [-0.15, -0.1) is 0 Å². The van der Waals surface area contributed by atoms with Crippen molar-refractivity contribution in [2.45, 2.75) is 57.1 Å². The number of rotatable bonds is 6. The largest absolute Gasteiger partial charge is 0.383 e. The van der Waals surface area contributed by atoms with E-state index in [-0.39, 0.29) is 17.7 Å². The van der Waals surface area contributed by atoms with Gasteiger partial charge in [0.25, 0.3) is 11.8 Å². The van der Waals surface area contributed by atoms with E-state index in [0.29, 0.717) is 37.8 Å². The molecule has 7 heteroatoms. The molecule has 0 radical (unpaired) electrons. The number of nitrogens with zero attached hydrogens (tertiary/aromatic N) is 4. The molecule has 0 unspecified atom stereocenters. The molecule has 2 saturated heterocycles. The summed E-state index contributed by atoms with van der Waals surface area (Å²) >= 11 is 0. The second-order valence-corrected chi connectivity index (χ2v) is 12.1. The molecule has 2 aliphatic heterocycles. The molecular weight excluding hydrogens is 524 g/mol. The van der Waals surface area contributed by atoms with Crippen molar-refractivity contribution in [3.63, 3.8) is 0 Å². The van der Waals surface area contributed by atoms with E-state index in [1.165, 1.54) is 6.42 Å². The normalized spacial score (nSPS) is 19.9. The average molecular weight is 567 g/mol. The Morgan fingerprint density at radius 3 is 1.79 bits per heavy atom. The van der Waals surface area contributed by atoms with Crippen LogP contribution in [0.15, 0.2) is 72.8 Å². The molecule has 1 aromatic heterocycles. The molecule has 220 valence electrons. The van der Waals surface area contributed by atoms with Crippen LogP contribution in [0.3, 0.4) is 0 Å². The van der Waals surface area contributed by atoms with Gasteiger partial charge in [-0.05, 0) is 43.7 Å². The van der Waals surface area contributed by atoms with Crippen LogP contribution in [0.2, 0.25) is 0 Å². The Kier molecular flexibility index (Phi) is 8.96. The fourth-order valence-electron chi connectivity index (χ4n) is 6.93. The van der Waals surface area contributed by atoms with Crippen molar-refractivity contribution in [3.8, 4) is 22.5 Å². The summed E-state index contributed by atoms with van der Waals surface area (Å²) in [6.07, 6.45) is 6.39. The first-order valence-corrected chi connectivity index (χ1v) is 15.7. The average Bonchev–Trinajstić information content (AvgIpc) is 3.08. The highest BCUT2D eigenvalue weighted by atomic mass is 16.3. The lowest BCUT2D eigenvalue weighted by atomic mass is 9.84. The van der Waals surface area contributed by atoms with Crippen molar-refractivity contribution in [1.29, 1.82) is 0 Å². The van der Waals surface area contributed by atoms with Crippen LogP contribution in [0.5, 0.6) is 0 Å². The smallest absolute Gasteiger partial charge is 0.254 e. The van der Waals surface area contributed by atoms with E-state index in [9.17, 15) is 14.7 Å². The van der Waals surface area contributed by atoms with Gasteiger partial charge in [-0.3, -0.25) is 14.5 Å². The molecule has 7 nitrogen and oxygen atoms in total. The van der Waals surface area contributed by atoms with Crippen molar-refractivity contribution in [2.75, 3.05) is 39.3 Å². The van der Waals surface area contributed by atoms with Gasteiger partial charge < -0.3 is 14.9 Å². The quantitative estimate of drug-likeness (QED) is 0.449. The zero-order valence-electron chi connectivity index (χ0n) is 24.4. The van der Waals surface area contributed by atoms with Crippen LogP contribution in [0.4, 0.5) is 0 Å². The number of hydrogen-bond acceptors (Lipinski definition) is 5. The number of carbonyl (C=O) groups excluding carboxylic acids is 2. The van der Waals surface area contributed by atoms with Gasteiger partial charge >= 0.3 is 0 Å². The Balaban J connectivity index is 1.07. The van der Waals surface area contributed by atoms with E-state index in [2.05, 4.69) is 4.90 Å². The summed E-state index contributed by atoms with van der Waals surface area (Å²) in [6, 6.07) is 24.3. The van der Waals surface area contributed by atoms with E-state index in [1.54, 1.807) is 0 Å². The number of aromatic nitrogens is 1. The first kappa shape index (κ1) is 28.6. The van der Waals surface area contributed by atoms with Crippen LogP contribution < -0.4 is 0 Å². The molecule has 3 heterocycles. The molecule has 1 atom stereocenters. The van der Waals surface area contributed by atoms with E-state index in [1.807, 2.05) is 82.6 Å². The zero-order valence-corrected chi connectivity index (χ0v) is 24.4.